The smallest absolute Gasteiger partial charge is 0.235 e. The van der Waals surface area contributed by atoms with Crippen molar-refractivity contribution in [3.63, 3.8) is 0 Å². The summed E-state index contributed by atoms with van der Waals surface area (Å²) in [5.41, 5.74) is -1.19. The fourth-order valence-corrected chi connectivity index (χ4v) is 4.49. The zero-order valence-corrected chi connectivity index (χ0v) is 13.5. The molecule has 7 heteroatoms. The van der Waals surface area contributed by atoms with Gasteiger partial charge in [0, 0.05) is 12.1 Å². The van der Waals surface area contributed by atoms with E-state index in [0.717, 1.165) is 25.7 Å². The minimum absolute atomic E-state index is 0.0287. The van der Waals surface area contributed by atoms with Crippen LogP contribution >= 0.6 is 0 Å². The largest absolute Gasteiger partial charge is 0.352 e. The van der Waals surface area contributed by atoms with Gasteiger partial charge in [-0.1, -0.05) is 12.8 Å². The van der Waals surface area contributed by atoms with Crippen molar-refractivity contribution in [2.45, 2.75) is 58.0 Å². The van der Waals surface area contributed by atoms with Crippen LogP contribution in [0.15, 0.2) is 0 Å². The molecule has 1 aliphatic carbocycles. The van der Waals surface area contributed by atoms with Gasteiger partial charge in [-0.15, -0.1) is 0 Å². The Morgan fingerprint density at radius 1 is 0.952 bits per heavy atom. The molecule has 0 aromatic carbocycles. The van der Waals surface area contributed by atoms with Crippen molar-refractivity contribution >= 4 is 21.7 Å². The van der Waals surface area contributed by atoms with Crippen molar-refractivity contribution in [3.8, 4) is 0 Å². The molecule has 0 aromatic rings. The van der Waals surface area contributed by atoms with Crippen LogP contribution in [-0.2, 0) is 19.4 Å². The normalized spacial score (nSPS) is 25.7. The first kappa shape index (κ1) is 16.3. The van der Waals surface area contributed by atoms with E-state index in [9.17, 15) is 18.0 Å². The fraction of sp³-hybridized carbons (Fsp3) is 0.857. The van der Waals surface area contributed by atoms with E-state index in [1.165, 1.54) is 0 Å². The van der Waals surface area contributed by atoms with Gasteiger partial charge >= 0.3 is 0 Å². The Morgan fingerprint density at radius 2 is 1.48 bits per heavy atom. The van der Waals surface area contributed by atoms with Gasteiger partial charge in [-0.25, -0.2) is 8.42 Å². The van der Waals surface area contributed by atoms with Crippen molar-refractivity contribution in [2.24, 2.45) is 5.41 Å². The van der Waals surface area contributed by atoms with Crippen LogP contribution in [0.1, 0.15) is 46.0 Å². The molecule has 1 saturated carbocycles. The average Bonchev–Trinajstić information content (AvgIpc) is 2.99. The highest BCUT2D eigenvalue weighted by Gasteiger charge is 2.39. The van der Waals surface area contributed by atoms with E-state index in [4.69, 9.17) is 0 Å². The van der Waals surface area contributed by atoms with Crippen molar-refractivity contribution in [1.82, 2.24) is 10.6 Å². The number of rotatable bonds is 4. The van der Waals surface area contributed by atoms with Gasteiger partial charge in [-0.2, -0.15) is 0 Å². The molecule has 1 aliphatic heterocycles. The van der Waals surface area contributed by atoms with Gasteiger partial charge in [0.15, 0.2) is 9.84 Å². The maximum atomic E-state index is 12.3. The third-order valence-corrected chi connectivity index (χ3v) is 6.16. The molecular formula is C14H24N2O4S. The Morgan fingerprint density at radius 3 is 1.95 bits per heavy atom. The molecule has 0 spiro atoms. The number of nitrogens with one attached hydrogen (secondary N) is 2. The molecule has 1 heterocycles. The standard InChI is InChI=1S/C14H24N2O4S/c1-14(2,12(17)15-10-5-3-4-6-10)13(18)16-11-7-8-21(19,20)9-11/h10-11H,3-9H2,1-2H3,(H,15,17)(H,16,18). The summed E-state index contributed by atoms with van der Waals surface area (Å²) in [4.78, 5) is 24.6. The van der Waals surface area contributed by atoms with Gasteiger partial charge in [-0.3, -0.25) is 9.59 Å². The van der Waals surface area contributed by atoms with Gasteiger partial charge in [-0.05, 0) is 33.1 Å². The number of hydrogen-bond donors (Lipinski definition) is 2. The van der Waals surface area contributed by atoms with Crippen LogP contribution in [0.2, 0.25) is 0 Å². The van der Waals surface area contributed by atoms with E-state index in [0.29, 0.717) is 6.42 Å². The number of amides is 2. The molecule has 0 bridgehead atoms. The molecular weight excluding hydrogens is 292 g/mol. The Bertz CT molecular complexity index is 521. The SMILES string of the molecule is CC(C)(C(=O)NC1CCCC1)C(=O)NC1CCS(=O)(=O)C1. The molecule has 0 radical (unpaired) electrons. The molecule has 0 aromatic heterocycles. The predicted molar refractivity (Wildman–Crippen MR) is 79.4 cm³/mol. The highest BCUT2D eigenvalue weighted by atomic mass is 32.2. The highest BCUT2D eigenvalue weighted by Crippen LogP contribution is 2.22. The summed E-state index contributed by atoms with van der Waals surface area (Å²) >= 11 is 0. The quantitative estimate of drug-likeness (QED) is 0.733. The van der Waals surface area contributed by atoms with Crippen LogP contribution in [0.4, 0.5) is 0 Å². The van der Waals surface area contributed by atoms with E-state index >= 15 is 0 Å². The summed E-state index contributed by atoms with van der Waals surface area (Å²) in [6, 6.07) is -0.211. The Balaban J connectivity index is 1.91. The number of carbonyl (C=O) groups excluding carboxylic acids is 2. The summed E-state index contributed by atoms with van der Waals surface area (Å²) in [6.07, 6.45) is 4.57. The van der Waals surface area contributed by atoms with E-state index in [2.05, 4.69) is 10.6 Å². The van der Waals surface area contributed by atoms with Crippen molar-refractivity contribution in [1.29, 1.82) is 0 Å². The second-order valence-corrected chi connectivity index (χ2v) is 8.88. The Hall–Kier alpha value is -1.11. The molecule has 1 atom stereocenters. The topological polar surface area (TPSA) is 92.3 Å². The van der Waals surface area contributed by atoms with Gasteiger partial charge < -0.3 is 10.6 Å². The lowest BCUT2D eigenvalue weighted by Crippen LogP contribution is -2.52. The number of hydrogen-bond acceptors (Lipinski definition) is 4. The van der Waals surface area contributed by atoms with E-state index in [1.807, 2.05) is 0 Å². The summed E-state index contributed by atoms with van der Waals surface area (Å²) in [6.45, 7) is 3.16. The van der Waals surface area contributed by atoms with Crippen LogP contribution in [0, 0.1) is 5.41 Å². The van der Waals surface area contributed by atoms with Gasteiger partial charge in [0.25, 0.3) is 0 Å². The predicted octanol–water partition coefficient (Wildman–Crippen LogP) is 0.375. The molecule has 2 fully saturated rings. The van der Waals surface area contributed by atoms with Crippen LogP contribution in [0.5, 0.6) is 0 Å². The van der Waals surface area contributed by atoms with Crippen LogP contribution in [-0.4, -0.2) is 43.8 Å². The van der Waals surface area contributed by atoms with E-state index in [1.54, 1.807) is 13.8 Å². The van der Waals surface area contributed by atoms with Crippen molar-refractivity contribution in [3.05, 3.63) is 0 Å². The lowest BCUT2D eigenvalue weighted by Gasteiger charge is -2.26. The second-order valence-electron chi connectivity index (χ2n) is 6.65. The molecule has 2 amide bonds. The zero-order valence-electron chi connectivity index (χ0n) is 12.6. The van der Waals surface area contributed by atoms with Crippen molar-refractivity contribution in [2.75, 3.05) is 11.5 Å². The fourth-order valence-electron chi connectivity index (χ4n) is 2.81. The molecule has 2 N–H and O–H groups in total. The van der Waals surface area contributed by atoms with E-state index < -0.39 is 21.2 Å². The first-order valence-electron chi connectivity index (χ1n) is 7.53. The Kier molecular flexibility index (Phi) is 4.60. The lowest BCUT2D eigenvalue weighted by molar-refractivity contribution is -0.142. The zero-order chi connectivity index (χ0) is 15.7. The van der Waals surface area contributed by atoms with Crippen molar-refractivity contribution < 1.29 is 18.0 Å². The van der Waals surface area contributed by atoms with Crippen LogP contribution < -0.4 is 10.6 Å². The summed E-state index contributed by atoms with van der Waals surface area (Å²) in [7, 11) is -3.04. The molecule has 2 aliphatic rings. The van der Waals surface area contributed by atoms with E-state index in [-0.39, 0.29) is 29.5 Å². The van der Waals surface area contributed by atoms with Gasteiger partial charge in [0.05, 0.1) is 11.5 Å². The first-order chi connectivity index (χ1) is 9.71. The molecule has 2 rings (SSSR count). The monoisotopic (exact) mass is 316 g/mol. The summed E-state index contributed by atoms with van der Waals surface area (Å²) < 4.78 is 22.8. The number of sulfone groups is 1. The van der Waals surface area contributed by atoms with Crippen LogP contribution in [0.3, 0.4) is 0 Å². The molecule has 120 valence electrons. The minimum Gasteiger partial charge on any atom is -0.352 e. The molecule has 6 nitrogen and oxygen atoms in total. The third-order valence-electron chi connectivity index (χ3n) is 4.39. The maximum absolute atomic E-state index is 12.3. The lowest BCUT2D eigenvalue weighted by atomic mass is 9.90. The highest BCUT2D eigenvalue weighted by molar-refractivity contribution is 7.91. The Labute approximate surface area is 126 Å². The number of carbonyl (C=O) groups is 2. The molecule has 1 saturated heterocycles. The second kappa shape index (κ2) is 5.94. The first-order valence-corrected chi connectivity index (χ1v) is 9.35. The van der Waals surface area contributed by atoms with Gasteiger partial charge in [0.1, 0.15) is 5.41 Å². The molecule has 1 unspecified atom stereocenters. The summed E-state index contributed by atoms with van der Waals surface area (Å²) in [5, 5.41) is 5.62. The average molecular weight is 316 g/mol. The molecule has 21 heavy (non-hydrogen) atoms. The minimum atomic E-state index is -3.04. The summed E-state index contributed by atoms with van der Waals surface area (Å²) in [5.74, 6) is -0.612. The third kappa shape index (κ3) is 3.96. The maximum Gasteiger partial charge on any atom is 0.235 e. The van der Waals surface area contributed by atoms with Crippen LogP contribution in [0.25, 0.3) is 0 Å². The van der Waals surface area contributed by atoms with Gasteiger partial charge in [0.2, 0.25) is 11.8 Å².